The molecule has 1 atom stereocenters. The van der Waals surface area contributed by atoms with E-state index in [-0.39, 0.29) is 11.5 Å². The largest absolute Gasteiger partial charge is 0.393 e. The highest BCUT2D eigenvalue weighted by Crippen LogP contribution is 2.41. The van der Waals surface area contributed by atoms with Crippen molar-refractivity contribution >= 4 is 0 Å². The maximum absolute atomic E-state index is 10.2. The van der Waals surface area contributed by atoms with Crippen molar-refractivity contribution in [3.05, 3.63) is 24.3 Å². The number of unbranched alkanes of at least 4 members (excludes halogenated alkanes) is 12. The van der Waals surface area contributed by atoms with E-state index < -0.39 is 0 Å². The lowest BCUT2D eigenvalue weighted by Gasteiger charge is -2.21. The lowest BCUT2D eigenvalue weighted by atomic mass is 9.84. The Morgan fingerprint density at radius 3 is 1.53 bits per heavy atom. The number of allylic oxidation sites excluding steroid dienone is 4. The van der Waals surface area contributed by atoms with Gasteiger partial charge in [0, 0.05) is 31.8 Å². The van der Waals surface area contributed by atoms with E-state index in [0.717, 1.165) is 45.7 Å². The molecule has 200 valence electrons. The fourth-order valence-corrected chi connectivity index (χ4v) is 4.76. The van der Waals surface area contributed by atoms with Gasteiger partial charge in [-0.1, -0.05) is 89.5 Å². The highest BCUT2D eigenvalue weighted by atomic mass is 16.5. The van der Waals surface area contributed by atoms with Gasteiger partial charge in [-0.15, -0.1) is 0 Å². The molecule has 34 heavy (non-hydrogen) atoms. The van der Waals surface area contributed by atoms with Crippen LogP contribution in [0.5, 0.6) is 0 Å². The number of rotatable bonds is 24. The number of ether oxygens (including phenoxy) is 2. The van der Waals surface area contributed by atoms with Gasteiger partial charge >= 0.3 is 0 Å². The molecule has 0 aromatic carbocycles. The van der Waals surface area contributed by atoms with Crippen LogP contribution in [0.15, 0.2) is 24.3 Å². The Hall–Kier alpha value is -0.640. The van der Waals surface area contributed by atoms with Crippen LogP contribution in [0.1, 0.15) is 136 Å². The summed E-state index contributed by atoms with van der Waals surface area (Å²) in [5.41, 5.74) is 0.102. The van der Waals surface area contributed by atoms with E-state index >= 15 is 0 Å². The fraction of sp³-hybridized carbons (Fsp3) is 0.871. The van der Waals surface area contributed by atoms with Crippen molar-refractivity contribution in [2.45, 2.75) is 142 Å². The molecule has 0 amide bonds. The fourth-order valence-electron chi connectivity index (χ4n) is 4.76. The van der Waals surface area contributed by atoms with E-state index in [2.05, 4.69) is 38.2 Å². The number of aliphatic hydroxyl groups excluding tert-OH is 1. The average molecular weight is 479 g/mol. The molecule has 0 saturated heterocycles. The standard InChI is InChI=1S/C31H58O3/c1-3-5-25-33-27-19-15-11-7-9-13-17-22-31(24-21-30(32)29-31)23-18-14-10-8-12-16-20-28-34-26-6-4-2/h17-18,22-23,30,32H,3-16,19-21,24-29H2,1-2H3/b22-17-,23-18-. The van der Waals surface area contributed by atoms with Gasteiger partial charge in [-0.2, -0.15) is 0 Å². The van der Waals surface area contributed by atoms with Crippen molar-refractivity contribution < 1.29 is 14.6 Å². The molecule has 1 aliphatic carbocycles. The topological polar surface area (TPSA) is 38.7 Å². The Morgan fingerprint density at radius 1 is 0.647 bits per heavy atom. The highest BCUT2D eigenvalue weighted by molar-refractivity contribution is 5.15. The van der Waals surface area contributed by atoms with Gasteiger partial charge < -0.3 is 14.6 Å². The smallest absolute Gasteiger partial charge is 0.0552 e. The molecule has 0 radical (unpaired) electrons. The summed E-state index contributed by atoms with van der Waals surface area (Å²) in [6.07, 6.45) is 32.4. The minimum atomic E-state index is -0.131. The van der Waals surface area contributed by atoms with Crippen molar-refractivity contribution in [1.82, 2.24) is 0 Å². The first-order valence-corrected chi connectivity index (χ1v) is 14.9. The number of hydrogen-bond acceptors (Lipinski definition) is 3. The molecule has 1 aliphatic rings. The highest BCUT2D eigenvalue weighted by Gasteiger charge is 2.33. The summed E-state index contributed by atoms with van der Waals surface area (Å²) in [4.78, 5) is 0. The molecule has 0 aliphatic heterocycles. The summed E-state index contributed by atoms with van der Waals surface area (Å²) in [6, 6.07) is 0. The van der Waals surface area contributed by atoms with Crippen molar-refractivity contribution in [2.24, 2.45) is 5.41 Å². The van der Waals surface area contributed by atoms with E-state index in [9.17, 15) is 5.11 Å². The second-order valence-corrected chi connectivity index (χ2v) is 10.5. The average Bonchev–Trinajstić information content (AvgIpc) is 3.21. The molecule has 3 heteroatoms. The van der Waals surface area contributed by atoms with E-state index in [1.807, 2.05) is 0 Å². The van der Waals surface area contributed by atoms with Gasteiger partial charge in [0.1, 0.15) is 0 Å². The maximum Gasteiger partial charge on any atom is 0.0552 e. The molecule has 0 heterocycles. The summed E-state index contributed by atoms with van der Waals surface area (Å²) in [6.45, 7) is 8.15. The second kappa shape index (κ2) is 22.8. The molecular formula is C31H58O3. The molecule has 0 aromatic rings. The zero-order valence-electron chi connectivity index (χ0n) is 22.9. The predicted octanol–water partition coefficient (Wildman–Crippen LogP) is 8.94. The Balaban J connectivity index is 2.09. The first-order valence-electron chi connectivity index (χ1n) is 14.9. The Kier molecular flexibility index (Phi) is 21.1. The van der Waals surface area contributed by atoms with Gasteiger partial charge in [-0.3, -0.25) is 0 Å². The molecule has 0 aromatic heterocycles. The van der Waals surface area contributed by atoms with E-state index in [1.165, 1.54) is 103 Å². The van der Waals surface area contributed by atoms with Crippen LogP contribution in [0.3, 0.4) is 0 Å². The lowest BCUT2D eigenvalue weighted by Crippen LogP contribution is -2.11. The zero-order chi connectivity index (χ0) is 24.6. The third-order valence-corrected chi connectivity index (χ3v) is 7.06. The third kappa shape index (κ3) is 17.7. The van der Waals surface area contributed by atoms with E-state index in [4.69, 9.17) is 9.47 Å². The predicted molar refractivity (Wildman–Crippen MR) is 147 cm³/mol. The summed E-state index contributed by atoms with van der Waals surface area (Å²) >= 11 is 0. The third-order valence-electron chi connectivity index (χ3n) is 7.06. The lowest BCUT2D eigenvalue weighted by molar-refractivity contribution is 0.127. The van der Waals surface area contributed by atoms with Gasteiger partial charge in [-0.25, -0.2) is 0 Å². The maximum atomic E-state index is 10.2. The molecule has 1 N–H and O–H groups in total. The second-order valence-electron chi connectivity index (χ2n) is 10.5. The van der Waals surface area contributed by atoms with Gasteiger partial charge in [0.05, 0.1) is 6.10 Å². The van der Waals surface area contributed by atoms with Crippen LogP contribution in [0.25, 0.3) is 0 Å². The molecule has 1 saturated carbocycles. The van der Waals surface area contributed by atoms with Crippen molar-refractivity contribution in [3.8, 4) is 0 Å². The molecule has 3 nitrogen and oxygen atoms in total. The van der Waals surface area contributed by atoms with Crippen LogP contribution in [-0.4, -0.2) is 37.6 Å². The van der Waals surface area contributed by atoms with Crippen LogP contribution in [-0.2, 0) is 9.47 Å². The van der Waals surface area contributed by atoms with Gasteiger partial charge in [0.15, 0.2) is 0 Å². The number of aliphatic hydroxyl groups is 1. The van der Waals surface area contributed by atoms with Crippen LogP contribution >= 0.6 is 0 Å². The molecule has 1 rings (SSSR count). The first-order chi connectivity index (χ1) is 16.7. The van der Waals surface area contributed by atoms with Crippen LogP contribution in [0.4, 0.5) is 0 Å². The Morgan fingerprint density at radius 2 is 1.09 bits per heavy atom. The van der Waals surface area contributed by atoms with Gasteiger partial charge in [-0.05, 0) is 70.6 Å². The molecular weight excluding hydrogens is 420 g/mol. The van der Waals surface area contributed by atoms with Crippen LogP contribution < -0.4 is 0 Å². The molecule has 0 spiro atoms. The minimum Gasteiger partial charge on any atom is -0.393 e. The SMILES string of the molecule is CCCCOCCCCCCC/C=C\C1(/C=C\CCCCCCCOCCCC)CCC(O)C1. The number of hydrogen-bond donors (Lipinski definition) is 1. The minimum absolute atomic E-state index is 0.102. The Bertz CT molecular complexity index is 451. The van der Waals surface area contributed by atoms with Gasteiger partial charge in [0.2, 0.25) is 0 Å². The summed E-state index contributed by atoms with van der Waals surface area (Å²) in [7, 11) is 0. The monoisotopic (exact) mass is 478 g/mol. The van der Waals surface area contributed by atoms with Crippen molar-refractivity contribution in [1.29, 1.82) is 0 Å². The first kappa shape index (κ1) is 31.4. The van der Waals surface area contributed by atoms with Crippen LogP contribution in [0.2, 0.25) is 0 Å². The summed E-state index contributed by atoms with van der Waals surface area (Å²) in [5.74, 6) is 0. The van der Waals surface area contributed by atoms with Gasteiger partial charge in [0.25, 0.3) is 0 Å². The van der Waals surface area contributed by atoms with E-state index in [1.54, 1.807) is 0 Å². The van der Waals surface area contributed by atoms with Crippen LogP contribution in [0, 0.1) is 5.41 Å². The normalized spacial score (nSPS) is 18.0. The zero-order valence-corrected chi connectivity index (χ0v) is 22.9. The quantitative estimate of drug-likeness (QED) is 0.111. The van der Waals surface area contributed by atoms with E-state index in [0.29, 0.717) is 0 Å². The summed E-state index contributed by atoms with van der Waals surface area (Å²) in [5, 5.41) is 10.2. The molecule has 1 unspecified atom stereocenters. The molecule has 0 bridgehead atoms. The van der Waals surface area contributed by atoms with Crippen molar-refractivity contribution in [3.63, 3.8) is 0 Å². The molecule has 1 fully saturated rings. The Labute approximate surface area is 212 Å². The van der Waals surface area contributed by atoms with Crippen molar-refractivity contribution in [2.75, 3.05) is 26.4 Å². The summed E-state index contributed by atoms with van der Waals surface area (Å²) < 4.78 is 11.3.